The molecule has 5 heteroatoms. The van der Waals surface area contributed by atoms with E-state index in [1.807, 2.05) is 12.5 Å². The Morgan fingerprint density at radius 3 is 2.85 bits per heavy atom. The summed E-state index contributed by atoms with van der Waals surface area (Å²) in [6.07, 6.45) is 9.79. The lowest BCUT2D eigenvalue weighted by atomic mass is 9.98. The van der Waals surface area contributed by atoms with Gasteiger partial charge in [0.05, 0.1) is 17.9 Å². The molecule has 0 bridgehead atoms. The van der Waals surface area contributed by atoms with Crippen LogP contribution in [-0.4, -0.2) is 27.2 Å². The van der Waals surface area contributed by atoms with E-state index >= 15 is 0 Å². The summed E-state index contributed by atoms with van der Waals surface area (Å²) in [5.41, 5.74) is 6.36. The number of aromatic nitrogens is 2. The molecule has 0 saturated heterocycles. The maximum absolute atomic E-state index is 11.2. The van der Waals surface area contributed by atoms with Crippen LogP contribution in [0.5, 0.6) is 0 Å². The van der Waals surface area contributed by atoms with Gasteiger partial charge in [-0.3, -0.25) is 4.79 Å². The van der Waals surface area contributed by atoms with Crippen LogP contribution in [0, 0.1) is 17.8 Å². The van der Waals surface area contributed by atoms with Crippen LogP contribution in [0.1, 0.15) is 43.8 Å². The first-order valence-electron chi connectivity index (χ1n) is 7.62. The van der Waals surface area contributed by atoms with Gasteiger partial charge < -0.3 is 15.4 Å². The highest BCUT2D eigenvalue weighted by Gasteiger charge is 2.46. The Balaban J connectivity index is 1.59. The van der Waals surface area contributed by atoms with Crippen molar-refractivity contribution in [1.29, 1.82) is 0 Å². The van der Waals surface area contributed by atoms with Gasteiger partial charge >= 0.3 is 5.97 Å². The molecule has 1 aromatic heterocycles. The molecule has 2 unspecified atom stereocenters. The normalized spacial score (nSPS) is 29.1. The van der Waals surface area contributed by atoms with Crippen LogP contribution in [0.2, 0.25) is 0 Å². The van der Waals surface area contributed by atoms with Crippen LogP contribution in [0.4, 0.5) is 0 Å². The zero-order valence-electron chi connectivity index (χ0n) is 11.7. The van der Waals surface area contributed by atoms with Crippen molar-refractivity contribution in [1.82, 2.24) is 9.55 Å². The van der Waals surface area contributed by atoms with Gasteiger partial charge in [-0.1, -0.05) is 0 Å². The number of carboxylic acids is 1. The van der Waals surface area contributed by atoms with Crippen molar-refractivity contribution >= 4 is 5.97 Å². The van der Waals surface area contributed by atoms with Gasteiger partial charge in [0.25, 0.3) is 0 Å². The number of carboxylic acid groups (broad SMARTS) is 1. The second-order valence-corrected chi connectivity index (χ2v) is 6.36. The van der Waals surface area contributed by atoms with Gasteiger partial charge in [-0.15, -0.1) is 0 Å². The van der Waals surface area contributed by atoms with Crippen molar-refractivity contribution in [3.05, 3.63) is 18.2 Å². The molecule has 4 atom stereocenters. The third-order valence-electron chi connectivity index (χ3n) is 4.86. The van der Waals surface area contributed by atoms with Crippen LogP contribution < -0.4 is 5.73 Å². The van der Waals surface area contributed by atoms with Crippen molar-refractivity contribution in [3.63, 3.8) is 0 Å². The molecule has 0 radical (unpaired) electrons. The maximum Gasteiger partial charge on any atom is 0.306 e. The highest BCUT2D eigenvalue weighted by atomic mass is 16.4. The third kappa shape index (κ3) is 2.87. The molecule has 2 aliphatic carbocycles. The third-order valence-corrected chi connectivity index (χ3v) is 4.86. The quantitative estimate of drug-likeness (QED) is 0.796. The number of hydrogen-bond acceptors (Lipinski definition) is 3. The van der Waals surface area contributed by atoms with E-state index in [9.17, 15) is 9.90 Å². The SMILES string of the molecule is NCCCC(Cc1cn(C2C[C@@H]3C[C@@H]3C2)cn1)C(=O)O. The summed E-state index contributed by atoms with van der Waals surface area (Å²) in [7, 11) is 0. The molecule has 0 aromatic carbocycles. The molecule has 5 nitrogen and oxygen atoms in total. The van der Waals surface area contributed by atoms with Gasteiger partial charge in [-0.05, 0) is 50.5 Å². The number of carbonyl (C=O) groups is 1. The predicted molar refractivity (Wildman–Crippen MR) is 75.2 cm³/mol. The number of nitrogens with zero attached hydrogens (tertiary/aromatic N) is 2. The largest absolute Gasteiger partial charge is 0.481 e. The minimum absolute atomic E-state index is 0.362. The van der Waals surface area contributed by atoms with Gasteiger partial charge in [0.2, 0.25) is 0 Å². The molecule has 1 heterocycles. The van der Waals surface area contributed by atoms with Gasteiger partial charge in [0.1, 0.15) is 0 Å². The average molecular weight is 277 g/mol. The van der Waals surface area contributed by atoms with E-state index in [1.165, 1.54) is 19.3 Å². The van der Waals surface area contributed by atoms with E-state index in [-0.39, 0.29) is 5.92 Å². The summed E-state index contributed by atoms with van der Waals surface area (Å²) in [5.74, 6) is 0.790. The lowest BCUT2D eigenvalue weighted by Crippen LogP contribution is -2.18. The summed E-state index contributed by atoms with van der Waals surface area (Å²) in [6.45, 7) is 0.545. The minimum Gasteiger partial charge on any atom is -0.481 e. The smallest absolute Gasteiger partial charge is 0.306 e. The molecule has 20 heavy (non-hydrogen) atoms. The van der Waals surface area contributed by atoms with Gasteiger partial charge in [0.15, 0.2) is 0 Å². The van der Waals surface area contributed by atoms with E-state index in [0.29, 0.717) is 25.4 Å². The number of fused-ring (bicyclic) bond motifs is 1. The van der Waals surface area contributed by atoms with Crippen molar-refractivity contribution in [2.75, 3.05) is 6.54 Å². The first kappa shape index (κ1) is 13.6. The summed E-state index contributed by atoms with van der Waals surface area (Å²) in [6, 6.07) is 0.590. The first-order chi connectivity index (χ1) is 9.67. The fourth-order valence-corrected chi connectivity index (χ4v) is 3.54. The number of aliphatic carboxylic acids is 1. The van der Waals surface area contributed by atoms with Crippen molar-refractivity contribution in [2.45, 2.75) is 44.6 Å². The molecule has 2 aliphatic rings. The van der Waals surface area contributed by atoms with Crippen LogP contribution in [0.3, 0.4) is 0 Å². The van der Waals surface area contributed by atoms with E-state index < -0.39 is 5.97 Å². The molecule has 2 fully saturated rings. The summed E-state index contributed by atoms with van der Waals surface area (Å²) in [5, 5.41) is 9.24. The summed E-state index contributed by atoms with van der Waals surface area (Å²) >= 11 is 0. The van der Waals surface area contributed by atoms with E-state index in [2.05, 4.69) is 9.55 Å². The summed E-state index contributed by atoms with van der Waals surface area (Å²) in [4.78, 5) is 15.6. The number of rotatable bonds is 7. The van der Waals surface area contributed by atoms with Crippen molar-refractivity contribution in [3.8, 4) is 0 Å². The molecule has 3 rings (SSSR count). The average Bonchev–Trinajstić information content (AvgIpc) is 2.87. The molecule has 110 valence electrons. The van der Waals surface area contributed by atoms with Crippen molar-refractivity contribution in [2.24, 2.45) is 23.5 Å². The zero-order chi connectivity index (χ0) is 14.1. The Kier molecular flexibility index (Phi) is 3.78. The predicted octanol–water partition coefficient (Wildman–Crippen LogP) is 1.84. The second-order valence-electron chi connectivity index (χ2n) is 6.36. The number of nitrogens with two attached hydrogens (primary N) is 1. The van der Waals surface area contributed by atoms with Crippen LogP contribution in [-0.2, 0) is 11.2 Å². The van der Waals surface area contributed by atoms with E-state index in [4.69, 9.17) is 5.73 Å². The van der Waals surface area contributed by atoms with E-state index in [0.717, 1.165) is 24.0 Å². The van der Waals surface area contributed by atoms with Crippen LogP contribution >= 0.6 is 0 Å². The van der Waals surface area contributed by atoms with Crippen LogP contribution in [0.25, 0.3) is 0 Å². The van der Waals surface area contributed by atoms with Crippen molar-refractivity contribution < 1.29 is 9.90 Å². The second kappa shape index (κ2) is 5.56. The molecule has 0 spiro atoms. The van der Waals surface area contributed by atoms with Gasteiger partial charge in [0, 0.05) is 18.7 Å². The number of imidazole rings is 1. The topological polar surface area (TPSA) is 81.1 Å². The Labute approximate surface area is 119 Å². The monoisotopic (exact) mass is 277 g/mol. The maximum atomic E-state index is 11.2. The first-order valence-corrected chi connectivity index (χ1v) is 7.62. The lowest BCUT2D eigenvalue weighted by molar-refractivity contribution is -0.142. The minimum atomic E-state index is -0.741. The fourth-order valence-electron chi connectivity index (χ4n) is 3.54. The molecular weight excluding hydrogens is 254 g/mol. The van der Waals surface area contributed by atoms with Crippen LogP contribution in [0.15, 0.2) is 12.5 Å². The molecule has 2 saturated carbocycles. The summed E-state index contributed by atoms with van der Waals surface area (Å²) < 4.78 is 2.20. The molecule has 0 aliphatic heterocycles. The Bertz CT molecular complexity index is 475. The highest BCUT2D eigenvalue weighted by molar-refractivity contribution is 5.70. The number of hydrogen-bond donors (Lipinski definition) is 2. The zero-order valence-corrected chi connectivity index (χ0v) is 11.7. The molecule has 3 N–H and O–H groups in total. The Morgan fingerprint density at radius 1 is 1.45 bits per heavy atom. The Morgan fingerprint density at radius 2 is 2.20 bits per heavy atom. The Hall–Kier alpha value is -1.36. The van der Waals surface area contributed by atoms with E-state index in [1.54, 1.807) is 0 Å². The molecule has 1 aromatic rings. The molecular formula is C15H23N3O2. The van der Waals surface area contributed by atoms with Gasteiger partial charge in [-0.2, -0.15) is 0 Å². The highest BCUT2D eigenvalue weighted by Crippen LogP contribution is 2.55. The molecule has 0 amide bonds. The fraction of sp³-hybridized carbons (Fsp3) is 0.733. The lowest BCUT2D eigenvalue weighted by Gasteiger charge is -2.13. The standard InChI is InChI=1S/C15H23N3O2/c16-3-1-2-10(15(19)20)5-13-8-18(9-17-13)14-6-11-4-12(11)7-14/h8-12,14H,1-7,16H2,(H,19,20)/t10?,11-,12+,14?. The van der Waals surface area contributed by atoms with Gasteiger partial charge in [-0.25, -0.2) is 4.98 Å².